The zero-order valence-corrected chi connectivity index (χ0v) is 23.9. The van der Waals surface area contributed by atoms with Crippen LogP contribution in [0.25, 0.3) is 0 Å². The number of amides is 2. The summed E-state index contributed by atoms with van der Waals surface area (Å²) in [5, 5.41) is 6.83. The summed E-state index contributed by atoms with van der Waals surface area (Å²) in [5.74, 6) is 1.29. The Morgan fingerprint density at radius 3 is 2.61 bits per heavy atom. The van der Waals surface area contributed by atoms with Gasteiger partial charge in [0.05, 0.1) is 36.4 Å². The van der Waals surface area contributed by atoms with Crippen LogP contribution >= 0.6 is 0 Å². The van der Waals surface area contributed by atoms with Crippen LogP contribution < -0.4 is 10.6 Å². The molecule has 2 amide bonds. The molecule has 216 valence electrons. The number of rotatable bonds is 10. The molecule has 2 aliphatic carbocycles. The normalized spacial score (nSPS) is 40.9. The van der Waals surface area contributed by atoms with Crippen LogP contribution in [-0.4, -0.2) is 99.3 Å². The zero-order chi connectivity index (χ0) is 27.0. The second-order valence-corrected chi connectivity index (χ2v) is 12.4. The summed E-state index contributed by atoms with van der Waals surface area (Å²) in [7, 11) is 3.46. The SMILES string of the molecule is COC1CCC2C3NCCC4C5CC(O[C@H](C)C(=O)NCCCOC(C)C)CCC5N(C(=O)C2C1OC)C43. The molecule has 3 heterocycles. The number of nitrogens with one attached hydrogen (secondary N) is 2. The largest absolute Gasteiger partial charge is 0.379 e. The number of piperidine rings is 2. The van der Waals surface area contributed by atoms with Crippen molar-refractivity contribution < 1.29 is 28.5 Å². The first-order valence-electron chi connectivity index (χ1n) is 15.0. The molecule has 0 bridgehead atoms. The van der Waals surface area contributed by atoms with Gasteiger partial charge in [0.15, 0.2) is 0 Å². The molecule has 2 saturated carbocycles. The van der Waals surface area contributed by atoms with E-state index in [9.17, 15) is 9.59 Å². The number of nitrogens with zero attached hydrogens (tertiary/aromatic N) is 1. The average molecular weight is 536 g/mol. The molecule has 5 fully saturated rings. The fourth-order valence-corrected chi connectivity index (χ4v) is 8.56. The summed E-state index contributed by atoms with van der Waals surface area (Å²) in [6.45, 7) is 8.12. The summed E-state index contributed by atoms with van der Waals surface area (Å²) in [4.78, 5) is 29.1. The van der Waals surface area contributed by atoms with E-state index in [0.717, 1.165) is 51.5 Å². The third-order valence-electron chi connectivity index (χ3n) is 10.1. The van der Waals surface area contributed by atoms with Crippen LogP contribution in [0.5, 0.6) is 0 Å². The first kappa shape index (κ1) is 28.3. The molecular weight excluding hydrogens is 486 g/mol. The molecule has 11 atom stereocenters. The minimum atomic E-state index is -0.481. The van der Waals surface area contributed by atoms with Crippen LogP contribution in [0.3, 0.4) is 0 Å². The van der Waals surface area contributed by atoms with Gasteiger partial charge in [0.25, 0.3) is 0 Å². The number of hydrogen-bond donors (Lipinski definition) is 2. The lowest BCUT2D eigenvalue weighted by Gasteiger charge is -2.55. The summed E-state index contributed by atoms with van der Waals surface area (Å²) in [6, 6.07) is 0.837. The smallest absolute Gasteiger partial charge is 0.248 e. The van der Waals surface area contributed by atoms with Crippen LogP contribution in [0.4, 0.5) is 0 Å². The van der Waals surface area contributed by atoms with E-state index in [1.54, 1.807) is 14.2 Å². The minimum absolute atomic E-state index is 0.0287. The van der Waals surface area contributed by atoms with Crippen molar-refractivity contribution >= 4 is 11.8 Å². The molecule has 3 saturated heterocycles. The summed E-state index contributed by atoms with van der Waals surface area (Å²) >= 11 is 0. The highest BCUT2D eigenvalue weighted by Crippen LogP contribution is 2.54. The molecule has 3 aliphatic heterocycles. The van der Waals surface area contributed by atoms with E-state index in [4.69, 9.17) is 18.9 Å². The Morgan fingerprint density at radius 1 is 1.05 bits per heavy atom. The second kappa shape index (κ2) is 12.1. The predicted molar refractivity (Wildman–Crippen MR) is 143 cm³/mol. The molecule has 0 radical (unpaired) electrons. The topological polar surface area (TPSA) is 98.4 Å². The summed E-state index contributed by atoms with van der Waals surface area (Å²) in [6.07, 6.45) is 6.13. The average Bonchev–Trinajstić information content (AvgIpc) is 3.25. The third kappa shape index (κ3) is 5.26. The Bertz CT molecular complexity index is 841. The monoisotopic (exact) mass is 535 g/mol. The van der Waals surface area contributed by atoms with Crippen molar-refractivity contribution in [3.63, 3.8) is 0 Å². The fraction of sp³-hybridized carbons (Fsp3) is 0.931. The number of ether oxygens (including phenoxy) is 4. The Hall–Kier alpha value is -1.26. The van der Waals surface area contributed by atoms with Gasteiger partial charge >= 0.3 is 0 Å². The first-order chi connectivity index (χ1) is 18.3. The van der Waals surface area contributed by atoms with Gasteiger partial charge in [-0.05, 0) is 90.0 Å². The molecule has 2 N–H and O–H groups in total. The number of carbonyl (C=O) groups excluding carboxylic acids is 2. The van der Waals surface area contributed by atoms with Crippen molar-refractivity contribution in [2.45, 2.75) is 114 Å². The van der Waals surface area contributed by atoms with Crippen LogP contribution in [-0.2, 0) is 28.5 Å². The van der Waals surface area contributed by atoms with E-state index in [1.165, 1.54) is 0 Å². The van der Waals surface area contributed by atoms with Gasteiger partial charge in [-0.25, -0.2) is 0 Å². The van der Waals surface area contributed by atoms with Gasteiger partial charge in [0.2, 0.25) is 11.8 Å². The number of methoxy groups -OCH3 is 2. The Kier molecular flexibility index (Phi) is 8.99. The first-order valence-corrected chi connectivity index (χ1v) is 15.0. The summed E-state index contributed by atoms with van der Waals surface area (Å²) < 4.78 is 23.6. The molecule has 0 aromatic carbocycles. The Labute approximate surface area is 228 Å². The van der Waals surface area contributed by atoms with Gasteiger partial charge in [-0.15, -0.1) is 0 Å². The maximum Gasteiger partial charge on any atom is 0.248 e. The lowest BCUT2D eigenvalue weighted by molar-refractivity contribution is -0.175. The highest BCUT2D eigenvalue weighted by molar-refractivity contribution is 5.83. The van der Waals surface area contributed by atoms with Crippen molar-refractivity contribution in [1.29, 1.82) is 0 Å². The van der Waals surface area contributed by atoms with Gasteiger partial charge in [0, 0.05) is 39.5 Å². The molecule has 0 aromatic heterocycles. The van der Waals surface area contributed by atoms with Crippen molar-refractivity contribution in [2.75, 3.05) is 33.9 Å². The third-order valence-corrected chi connectivity index (χ3v) is 10.1. The van der Waals surface area contributed by atoms with Crippen LogP contribution in [0.2, 0.25) is 0 Å². The minimum Gasteiger partial charge on any atom is -0.379 e. The van der Waals surface area contributed by atoms with Crippen LogP contribution in [0.15, 0.2) is 0 Å². The van der Waals surface area contributed by atoms with E-state index in [-0.39, 0.29) is 54.2 Å². The van der Waals surface area contributed by atoms with Gasteiger partial charge < -0.3 is 34.5 Å². The zero-order valence-electron chi connectivity index (χ0n) is 23.9. The molecule has 0 aromatic rings. The fourth-order valence-electron chi connectivity index (χ4n) is 8.56. The highest BCUT2D eigenvalue weighted by atomic mass is 16.5. The Balaban J connectivity index is 1.23. The van der Waals surface area contributed by atoms with Crippen molar-refractivity contribution in [3.8, 4) is 0 Å². The van der Waals surface area contributed by atoms with E-state index in [1.807, 2.05) is 20.8 Å². The molecule has 10 unspecified atom stereocenters. The number of hydrogen-bond acceptors (Lipinski definition) is 7. The van der Waals surface area contributed by atoms with E-state index in [0.29, 0.717) is 36.9 Å². The van der Waals surface area contributed by atoms with Gasteiger partial charge in [-0.2, -0.15) is 0 Å². The van der Waals surface area contributed by atoms with Crippen LogP contribution in [0.1, 0.15) is 65.7 Å². The van der Waals surface area contributed by atoms with E-state index in [2.05, 4.69) is 15.5 Å². The second-order valence-electron chi connectivity index (χ2n) is 12.4. The lowest BCUT2D eigenvalue weighted by atomic mass is 9.64. The van der Waals surface area contributed by atoms with E-state index >= 15 is 0 Å². The van der Waals surface area contributed by atoms with Crippen molar-refractivity contribution in [3.05, 3.63) is 0 Å². The van der Waals surface area contributed by atoms with Gasteiger partial charge in [-0.1, -0.05) is 0 Å². The quantitative estimate of drug-likeness (QED) is 0.414. The van der Waals surface area contributed by atoms with Gasteiger partial charge in [0.1, 0.15) is 6.10 Å². The molecule has 5 rings (SSSR count). The summed E-state index contributed by atoms with van der Waals surface area (Å²) in [5.41, 5.74) is 0. The van der Waals surface area contributed by atoms with Gasteiger partial charge in [-0.3, -0.25) is 9.59 Å². The Morgan fingerprint density at radius 2 is 1.87 bits per heavy atom. The molecule has 5 aliphatic rings. The lowest BCUT2D eigenvalue weighted by Crippen LogP contribution is -2.70. The van der Waals surface area contributed by atoms with E-state index < -0.39 is 6.10 Å². The predicted octanol–water partition coefficient (Wildman–Crippen LogP) is 2.12. The van der Waals surface area contributed by atoms with Crippen molar-refractivity contribution in [2.24, 2.45) is 23.7 Å². The maximum absolute atomic E-state index is 14.2. The molecular formula is C29H49N3O6. The number of fused-ring (bicyclic) bond motifs is 5. The standard InChI is InChI=1S/C29H49N3O6/c1-16(2)37-14-6-12-31-28(33)17(3)38-18-7-9-22-21(15-18)19-11-13-30-25-20-8-10-23(35-4)27(36-5)24(20)29(34)32(22)26(19)25/h16-27,30H,6-15H2,1-5H3,(H,31,33)/t17-,18?,19?,20?,21?,22?,23?,24?,25?,26?,27?/m1/s1. The molecule has 9 nitrogen and oxygen atoms in total. The highest BCUT2D eigenvalue weighted by Gasteiger charge is 2.64. The molecule has 0 spiro atoms. The maximum atomic E-state index is 14.2. The van der Waals surface area contributed by atoms with Crippen molar-refractivity contribution in [1.82, 2.24) is 15.5 Å². The number of carbonyl (C=O) groups is 2. The molecule has 38 heavy (non-hydrogen) atoms. The molecule has 9 heteroatoms. The van der Waals surface area contributed by atoms with Crippen LogP contribution in [0, 0.1) is 23.7 Å².